The number of phenols is 2. The van der Waals surface area contributed by atoms with Gasteiger partial charge in [-0.2, -0.15) is 0 Å². The zero-order valence-electron chi connectivity index (χ0n) is 11.4. The molecule has 0 bridgehead atoms. The van der Waals surface area contributed by atoms with Crippen LogP contribution in [0.25, 0.3) is 6.08 Å². The number of aliphatic hydroxyl groups is 2. The predicted octanol–water partition coefficient (Wildman–Crippen LogP) is 2.45. The van der Waals surface area contributed by atoms with E-state index < -0.39 is 12.0 Å². The van der Waals surface area contributed by atoms with Gasteiger partial charge in [-0.1, -0.05) is 36.4 Å². The molecule has 4 heteroatoms. The summed E-state index contributed by atoms with van der Waals surface area (Å²) in [4.78, 5) is 0. The summed E-state index contributed by atoms with van der Waals surface area (Å²) < 4.78 is 0. The molecule has 0 amide bonds. The van der Waals surface area contributed by atoms with Gasteiger partial charge >= 0.3 is 0 Å². The van der Waals surface area contributed by atoms with Crippen LogP contribution in [0.1, 0.15) is 17.2 Å². The molecule has 4 nitrogen and oxygen atoms in total. The van der Waals surface area contributed by atoms with Gasteiger partial charge in [-0.15, -0.1) is 0 Å². The highest BCUT2D eigenvalue weighted by molar-refractivity contribution is 5.51. The minimum Gasteiger partial charge on any atom is -0.508 e. The van der Waals surface area contributed by atoms with Gasteiger partial charge in [-0.05, 0) is 35.4 Å². The second kappa shape index (κ2) is 6.92. The highest BCUT2D eigenvalue weighted by Crippen LogP contribution is 2.25. The van der Waals surface area contributed by atoms with Crippen LogP contribution in [0.3, 0.4) is 0 Å². The zero-order chi connectivity index (χ0) is 15.2. The molecule has 0 saturated carbocycles. The van der Waals surface area contributed by atoms with Gasteiger partial charge in [0.2, 0.25) is 0 Å². The Hall–Kier alpha value is -2.30. The van der Waals surface area contributed by atoms with Crippen molar-refractivity contribution in [2.24, 2.45) is 5.92 Å². The number of hydrogen-bond acceptors (Lipinski definition) is 4. The van der Waals surface area contributed by atoms with Crippen LogP contribution in [-0.2, 0) is 0 Å². The molecule has 0 aliphatic rings. The topological polar surface area (TPSA) is 80.9 Å². The van der Waals surface area contributed by atoms with Crippen LogP contribution in [0, 0.1) is 5.92 Å². The van der Waals surface area contributed by atoms with Crippen LogP contribution < -0.4 is 0 Å². The molecule has 0 heterocycles. The lowest BCUT2D eigenvalue weighted by Gasteiger charge is -2.18. The first-order valence-corrected chi connectivity index (χ1v) is 6.65. The second-order valence-corrected chi connectivity index (χ2v) is 4.83. The number of benzene rings is 2. The molecule has 110 valence electrons. The predicted molar refractivity (Wildman–Crippen MR) is 80.8 cm³/mol. The lowest BCUT2D eigenvalue weighted by atomic mass is 9.95. The first-order chi connectivity index (χ1) is 10.1. The summed E-state index contributed by atoms with van der Waals surface area (Å²) >= 11 is 0. The van der Waals surface area contributed by atoms with Crippen LogP contribution in [0.4, 0.5) is 0 Å². The summed E-state index contributed by atoms with van der Waals surface area (Å²) in [6.07, 6.45) is 2.65. The molecule has 0 aromatic heterocycles. The maximum absolute atomic E-state index is 10.3. The Bertz CT molecular complexity index is 587. The molecule has 4 N–H and O–H groups in total. The number of aliphatic hydroxyl groups excluding tert-OH is 2. The Labute approximate surface area is 123 Å². The molecular formula is C17H18O4. The Kier molecular flexibility index (Phi) is 4.98. The van der Waals surface area contributed by atoms with Gasteiger partial charge in [0.25, 0.3) is 0 Å². The first-order valence-electron chi connectivity index (χ1n) is 6.65. The normalized spacial score (nSPS) is 14.2. The Morgan fingerprint density at radius 3 is 1.90 bits per heavy atom. The number of rotatable bonds is 5. The van der Waals surface area contributed by atoms with E-state index in [0.29, 0.717) is 5.56 Å². The summed E-state index contributed by atoms with van der Waals surface area (Å²) in [5.41, 5.74) is 1.49. The van der Waals surface area contributed by atoms with Crippen LogP contribution in [0.5, 0.6) is 11.5 Å². The summed E-state index contributed by atoms with van der Waals surface area (Å²) in [7, 11) is 0. The summed E-state index contributed by atoms with van der Waals surface area (Å²) in [6, 6.07) is 12.9. The Balaban J connectivity index is 2.11. The molecule has 0 radical (unpaired) electrons. The van der Waals surface area contributed by atoms with E-state index >= 15 is 0 Å². The average molecular weight is 286 g/mol. The summed E-state index contributed by atoms with van der Waals surface area (Å²) in [6.45, 7) is -0.198. The van der Waals surface area contributed by atoms with E-state index in [1.807, 2.05) is 0 Å². The van der Waals surface area contributed by atoms with Crippen molar-refractivity contribution < 1.29 is 20.4 Å². The molecule has 2 aromatic rings. The molecule has 0 fully saturated rings. The van der Waals surface area contributed by atoms with Crippen molar-refractivity contribution in [2.75, 3.05) is 6.61 Å². The molecule has 0 saturated heterocycles. The van der Waals surface area contributed by atoms with Crippen LogP contribution in [0.2, 0.25) is 0 Å². The maximum atomic E-state index is 10.3. The molecule has 21 heavy (non-hydrogen) atoms. The minimum absolute atomic E-state index is 0.131. The molecule has 2 unspecified atom stereocenters. The number of aromatic hydroxyl groups is 2. The fourth-order valence-electron chi connectivity index (χ4n) is 2.00. The van der Waals surface area contributed by atoms with Crippen molar-refractivity contribution in [3.8, 4) is 11.5 Å². The third kappa shape index (κ3) is 4.08. The van der Waals surface area contributed by atoms with Gasteiger partial charge in [-0.3, -0.25) is 0 Å². The third-order valence-electron chi connectivity index (χ3n) is 3.28. The molecular weight excluding hydrogens is 268 g/mol. The smallest absolute Gasteiger partial charge is 0.115 e. The van der Waals surface area contributed by atoms with Crippen molar-refractivity contribution in [2.45, 2.75) is 6.10 Å². The van der Waals surface area contributed by atoms with Crippen molar-refractivity contribution in [1.82, 2.24) is 0 Å². The number of phenolic OH excluding ortho intramolecular Hbond substituents is 2. The monoisotopic (exact) mass is 286 g/mol. The standard InChI is InChI=1S/C17H18O4/c18-11-14(4-1-12-2-7-15(19)8-3-12)17(21)13-5-9-16(20)10-6-13/h1-10,14,17-21H,11H2. The molecule has 2 aromatic carbocycles. The Morgan fingerprint density at radius 2 is 1.38 bits per heavy atom. The Morgan fingerprint density at radius 1 is 0.857 bits per heavy atom. The average Bonchev–Trinajstić information content (AvgIpc) is 2.50. The van der Waals surface area contributed by atoms with Gasteiger partial charge in [0.1, 0.15) is 11.5 Å². The maximum Gasteiger partial charge on any atom is 0.115 e. The van der Waals surface area contributed by atoms with E-state index in [1.54, 1.807) is 48.6 Å². The lowest BCUT2D eigenvalue weighted by molar-refractivity contribution is 0.0923. The van der Waals surface area contributed by atoms with Crippen LogP contribution in [0.15, 0.2) is 54.6 Å². The quantitative estimate of drug-likeness (QED) is 0.680. The summed E-state index contributed by atoms with van der Waals surface area (Å²) in [5, 5.41) is 38.2. The summed E-state index contributed by atoms with van der Waals surface area (Å²) in [5.74, 6) is -0.135. The fourth-order valence-corrected chi connectivity index (χ4v) is 2.00. The second-order valence-electron chi connectivity index (χ2n) is 4.83. The van der Waals surface area contributed by atoms with Crippen molar-refractivity contribution in [3.63, 3.8) is 0 Å². The molecule has 2 rings (SSSR count). The lowest BCUT2D eigenvalue weighted by Crippen LogP contribution is -2.14. The van der Waals surface area contributed by atoms with Gasteiger partial charge in [-0.25, -0.2) is 0 Å². The van der Waals surface area contributed by atoms with Gasteiger partial charge in [0.15, 0.2) is 0 Å². The van der Waals surface area contributed by atoms with E-state index in [2.05, 4.69) is 0 Å². The SMILES string of the molecule is OCC(C=Cc1ccc(O)cc1)C(O)c1ccc(O)cc1. The molecule has 0 aliphatic heterocycles. The van der Waals surface area contributed by atoms with Gasteiger partial charge in [0.05, 0.1) is 12.7 Å². The fraction of sp³-hybridized carbons (Fsp3) is 0.176. The third-order valence-corrected chi connectivity index (χ3v) is 3.28. The van der Waals surface area contributed by atoms with Crippen molar-refractivity contribution in [1.29, 1.82) is 0 Å². The molecule has 0 aliphatic carbocycles. The van der Waals surface area contributed by atoms with Gasteiger partial charge in [0, 0.05) is 5.92 Å². The van der Waals surface area contributed by atoms with Crippen LogP contribution >= 0.6 is 0 Å². The minimum atomic E-state index is -0.857. The van der Waals surface area contributed by atoms with E-state index in [-0.39, 0.29) is 18.1 Å². The molecule has 2 atom stereocenters. The van der Waals surface area contributed by atoms with E-state index in [1.165, 1.54) is 12.1 Å². The van der Waals surface area contributed by atoms with Gasteiger partial charge < -0.3 is 20.4 Å². The largest absolute Gasteiger partial charge is 0.508 e. The van der Waals surface area contributed by atoms with E-state index in [0.717, 1.165) is 5.56 Å². The van der Waals surface area contributed by atoms with E-state index in [9.17, 15) is 20.4 Å². The van der Waals surface area contributed by atoms with Crippen molar-refractivity contribution in [3.05, 3.63) is 65.7 Å². The van der Waals surface area contributed by atoms with Crippen molar-refractivity contribution >= 4 is 6.08 Å². The highest BCUT2D eigenvalue weighted by atomic mass is 16.3. The van der Waals surface area contributed by atoms with Crippen LogP contribution in [-0.4, -0.2) is 27.0 Å². The molecule has 0 spiro atoms. The highest BCUT2D eigenvalue weighted by Gasteiger charge is 2.17. The van der Waals surface area contributed by atoms with E-state index in [4.69, 9.17) is 0 Å². The zero-order valence-corrected chi connectivity index (χ0v) is 11.4. The first kappa shape index (κ1) is 15.1. The number of hydrogen-bond donors (Lipinski definition) is 4.